The number of hydrogen-bond acceptors (Lipinski definition) is 7. The fraction of sp³-hybridized carbons (Fsp3) is 0.423. The van der Waals surface area contributed by atoms with Gasteiger partial charge in [0, 0.05) is 13.2 Å². The van der Waals surface area contributed by atoms with Crippen LogP contribution in [0, 0.1) is 5.92 Å². The van der Waals surface area contributed by atoms with Gasteiger partial charge in [0.25, 0.3) is 0 Å². The highest BCUT2D eigenvalue weighted by Gasteiger charge is 2.33. The molecule has 1 saturated heterocycles. The molecule has 0 bridgehead atoms. The predicted molar refractivity (Wildman–Crippen MR) is 131 cm³/mol. The van der Waals surface area contributed by atoms with Gasteiger partial charge in [-0.1, -0.05) is 25.1 Å². The molecule has 3 atom stereocenters. The van der Waals surface area contributed by atoms with E-state index in [1.807, 2.05) is 49.4 Å². The number of nitrogens with one attached hydrogen (secondary N) is 2. The van der Waals surface area contributed by atoms with Gasteiger partial charge >= 0.3 is 0 Å². The van der Waals surface area contributed by atoms with E-state index in [0.29, 0.717) is 28.7 Å². The van der Waals surface area contributed by atoms with E-state index in [1.165, 1.54) is 0 Å². The number of fused-ring (bicyclic) bond motifs is 1. The maximum atomic E-state index is 13.1. The molecule has 0 saturated carbocycles. The summed E-state index contributed by atoms with van der Waals surface area (Å²) in [6, 6.07) is 9.63. The Morgan fingerprint density at radius 1 is 1.09 bits per heavy atom. The zero-order chi connectivity index (χ0) is 24.1. The number of methoxy groups -OCH3 is 3. The highest BCUT2D eigenvalue weighted by Crippen LogP contribution is 2.42. The Hall–Kier alpha value is -3.23. The van der Waals surface area contributed by atoms with Gasteiger partial charge in [0.05, 0.1) is 31.9 Å². The first kappa shape index (κ1) is 23.9. The van der Waals surface area contributed by atoms with Crippen molar-refractivity contribution in [3.05, 3.63) is 41.5 Å². The third-order valence-electron chi connectivity index (χ3n) is 6.30. The van der Waals surface area contributed by atoms with Gasteiger partial charge in [-0.15, -0.1) is 0 Å². The third-order valence-corrected chi connectivity index (χ3v) is 6.30. The molecule has 0 unspecified atom stereocenters. The lowest BCUT2D eigenvalue weighted by Gasteiger charge is -2.27. The number of hydrogen-bond donors (Lipinski definition) is 2. The van der Waals surface area contributed by atoms with Crippen LogP contribution in [0.2, 0.25) is 0 Å². The van der Waals surface area contributed by atoms with Crippen LogP contribution >= 0.6 is 0 Å². The molecule has 8 nitrogen and oxygen atoms in total. The second-order valence-electron chi connectivity index (χ2n) is 8.43. The van der Waals surface area contributed by atoms with Crippen molar-refractivity contribution in [1.82, 2.24) is 5.32 Å². The van der Waals surface area contributed by atoms with Crippen LogP contribution in [0.25, 0.3) is 12.2 Å². The molecule has 2 aliphatic rings. The Kier molecular flexibility index (Phi) is 7.59. The number of ether oxygens (including phenoxy) is 5. The highest BCUT2D eigenvalue weighted by molar-refractivity contribution is 5.94. The second-order valence-corrected chi connectivity index (χ2v) is 8.43. The van der Waals surface area contributed by atoms with Gasteiger partial charge in [-0.05, 0) is 54.8 Å². The zero-order valence-electron chi connectivity index (χ0n) is 20.1. The molecular weight excluding hydrogens is 436 g/mol. The summed E-state index contributed by atoms with van der Waals surface area (Å²) in [6.45, 7) is 3.03. The van der Waals surface area contributed by atoms with Crippen LogP contribution in [0.3, 0.4) is 0 Å². The van der Waals surface area contributed by atoms with Gasteiger partial charge in [0.15, 0.2) is 11.5 Å². The first-order valence-electron chi connectivity index (χ1n) is 11.4. The molecule has 2 heterocycles. The average molecular weight is 469 g/mol. The third kappa shape index (κ3) is 5.13. The largest absolute Gasteiger partial charge is 0.495 e. The smallest absolute Gasteiger partial charge is 0.231 e. The van der Waals surface area contributed by atoms with Crippen LogP contribution < -0.4 is 29.6 Å². The molecule has 1 amide bonds. The van der Waals surface area contributed by atoms with Crippen molar-refractivity contribution in [2.45, 2.75) is 31.9 Å². The van der Waals surface area contributed by atoms with E-state index in [1.54, 1.807) is 21.3 Å². The first-order valence-corrected chi connectivity index (χ1v) is 11.4. The average Bonchev–Trinajstić information content (AvgIpc) is 3.55. The molecule has 2 aromatic carbocycles. The van der Waals surface area contributed by atoms with Gasteiger partial charge in [0.2, 0.25) is 18.4 Å². The summed E-state index contributed by atoms with van der Waals surface area (Å²) in [6.07, 6.45) is 5.81. The minimum atomic E-state index is -0.328. The Morgan fingerprint density at radius 2 is 1.88 bits per heavy atom. The summed E-state index contributed by atoms with van der Waals surface area (Å²) in [7, 11) is 4.84. The normalized spacial score (nSPS) is 18.6. The number of carbonyl (C=O) groups is 1. The predicted octanol–water partition coefficient (Wildman–Crippen LogP) is 3.94. The molecule has 4 rings (SSSR count). The molecule has 0 radical (unpaired) electrons. The van der Waals surface area contributed by atoms with E-state index in [-0.39, 0.29) is 30.8 Å². The van der Waals surface area contributed by atoms with Crippen LogP contribution in [0.1, 0.15) is 30.9 Å². The molecule has 2 aromatic rings. The summed E-state index contributed by atoms with van der Waals surface area (Å²) >= 11 is 0. The Morgan fingerprint density at radius 3 is 2.59 bits per heavy atom. The van der Waals surface area contributed by atoms with Crippen molar-refractivity contribution < 1.29 is 28.5 Å². The Balaban J connectivity index is 1.51. The van der Waals surface area contributed by atoms with E-state index >= 15 is 0 Å². The molecule has 34 heavy (non-hydrogen) atoms. The topological polar surface area (TPSA) is 87.3 Å². The molecular formula is C26H32N2O6. The molecule has 0 aromatic heterocycles. The van der Waals surface area contributed by atoms with Gasteiger partial charge in [0.1, 0.15) is 5.75 Å². The van der Waals surface area contributed by atoms with Crippen LogP contribution in [-0.2, 0) is 9.53 Å². The summed E-state index contributed by atoms with van der Waals surface area (Å²) in [5.74, 6) is 2.04. The lowest BCUT2D eigenvalue weighted by atomic mass is 9.95. The fourth-order valence-electron chi connectivity index (χ4n) is 4.47. The van der Waals surface area contributed by atoms with Gasteiger partial charge < -0.3 is 34.3 Å². The van der Waals surface area contributed by atoms with E-state index in [4.69, 9.17) is 23.7 Å². The minimum Gasteiger partial charge on any atom is -0.495 e. The van der Waals surface area contributed by atoms with Crippen LogP contribution in [0.4, 0.5) is 5.69 Å². The molecule has 1 fully saturated rings. The summed E-state index contributed by atoms with van der Waals surface area (Å²) in [5, 5.41) is 6.46. The monoisotopic (exact) mass is 468 g/mol. The van der Waals surface area contributed by atoms with Gasteiger partial charge in [-0.2, -0.15) is 0 Å². The number of amides is 1. The van der Waals surface area contributed by atoms with Crippen molar-refractivity contribution in [2.75, 3.05) is 40.0 Å². The molecule has 0 aliphatic carbocycles. The standard InChI is InChI=1S/C26H32N2O6/c1-16(24(32-4)19-6-5-11-27-19)26(29)28-20-12-17(9-10-21(20)30-2)7-8-18-13-22(31-3)25-23(14-18)33-15-34-25/h7-10,12-14,16,19,24,27H,5-6,11,15H2,1-4H3,(H,28,29)/t16-,19+,24-/m1/s1. The van der Waals surface area contributed by atoms with Crippen molar-refractivity contribution in [1.29, 1.82) is 0 Å². The fourth-order valence-corrected chi connectivity index (χ4v) is 4.47. The minimum absolute atomic E-state index is 0.111. The van der Waals surface area contributed by atoms with Crippen LogP contribution in [-0.4, -0.2) is 52.7 Å². The lowest BCUT2D eigenvalue weighted by Crippen LogP contribution is -2.44. The number of benzene rings is 2. The van der Waals surface area contributed by atoms with Crippen LogP contribution in [0.5, 0.6) is 23.0 Å². The molecule has 2 aliphatic heterocycles. The lowest BCUT2D eigenvalue weighted by molar-refractivity contribution is -0.124. The van der Waals surface area contributed by atoms with E-state index in [2.05, 4.69) is 10.6 Å². The van der Waals surface area contributed by atoms with Gasteiger partial charge in [-0.3, -0.25) is 4.79 Å². The first-order chi connectivity index (χ1) is 16.5. The number of anilines is 1. The highest BCUT2D eigenvalue weighted by atomic mass is 16.7. The maximum Gasteiger partial charge on any atom is 0.231 e. The van der Waals surface area contributed by atoms with Crippen LogP contribution in [0.15, 0.2) is 30.3 Å². The summed E-state index contributed by atoms with van der Waals surface area (Å²) in [5.41, 5.74) is 2.42. The van der Waals surface area contributed by atoms with Crippen molar-refractivity contribution in [3.63, 3.8) is 0 Å². The Bertz CT molecular complexity index is 1050. The SMILES string of the molecule is COc1ccc(C=Cc2cc(OC)c3c(c2)OCO3)cc1NC(=O)[C@H](C)[C@@H](OC)[C@@H]1CCCN1. The van der Waals surface area contributed by atoms with Gasteiger partial charge in [-0.25, -0.2) is 0 Å². The number of carbonyl (C=O) groups excluding carboxylic acids is 1. The quantitative estimate of drug-likeness (QED) is 0.539. The molecule has 8 heteroatoms. The van der Waals surface area contributed by atoms with E-state index in [9.17, 15) is 4.79 Å². The maximum absolute atomic E-state index is 13.1. The Labute approximate surface area is 200 Å². The molecule has 182 valence electrons. The zero-order valence-corrected chi connectivity index (χ0v) is 20.1. The molecule has 0 spiro atoms. The van der Waals surface area contributed by atoms with Crippen molar-refractivity contribution in [2.24, 2.45) is 5.92 Å². The van der Waals surface area contributed by atoms with Crippen molar-refractivity contribution >= 4 is 23.7 Å². The van der Waals surface area contributed by atoms with E-state index < -0.39 is 0 Å². The molecule has 2 N–H and O–H groups in total. The number of rotatable bonds is 9. The second kappa shape index (κ2) is 10.8. The summed E-state index contributed by atoms with van der Waals surface area (Å²) < 4.78 is 27.5. The van der Waals surface area contributed by atoms with E-state index in [0.717, 1.165) is 30.5 Å². The van der Waals surface area contributed by atoms with Crippen molar-refractivity contribution in [3.8, 4) is 23.0 Å². The summed E-state index contributed by atoms with van der Waals surface area (Å²) in [4.78, 5) is 13.1.